The number of nitrogens with zero attached hydrogens (tertiary/aromatic N) is 1. The minimum atomic E-state index is -4.67. The molecule has 9 heteroatoms. The number of anilines is 2. The number of aliphatic hydroxyl groups is 1. The van der Waals surface area contributed by atoms with E-state index < -0.39 is 10.4 Å². The first-order chi connectivity index (χ1) is 8.27. The quantitative estimate of drug-likeness (QED) is 0.435. The van der Waals surface area contributed by atoms with Crippen LogP contribution in [0.25, 0.3) is 0 Å². The first kappa shape index (κ1) is 19.9. The molecule has 0 bridgehead atoms. The smallest absolute Gasteiger partial charge is 0.394 e. The minimum absolute atomic E-state index is 0. The lowest BCUT2D eigenvalue weighted by Crippen LogP contribution is -2.25. The Morgan fingerprint density at radius 2 is 1.63 bits per heavy atom. The first-order valence-electron chi connectivity index (χ1n) is 5.19. The lowest BCUT2D eigenvalue weighted by Gasteiger charge is -2.21. The normalized spacial score (nSPS) is 9.89. The fraction of sp³-hybridized carbons (Fsp3) is 0.400. The fourth-order valence-electron chi connectivity index (χ4n) is 1.28. The summed E-state index contributed by atoms with van der Waals surface area (Å²) in [4.78, 5) is 2.10. The SMILES string of the molecule is CCN(CCO)c1ccc(N)cc1.O.O=S(=O)(O)O. The molecule has 1 rings (SSSR count). The van der Waals surface area contributed by atoms with Gasteiger partial charge < -0.3 is 21.2 Å². The van der Waals surface area contributed by atoms with E-state index in [1.165, 1.54) is 0 Å². The third-order valence-electron chi connectivity index (χ3n) is 2.01. The molecule has 0 atom stereocenters. The zero-order chi connectivity index (χ0) is 14.2. The van der Waals surface area contributed by atoms with Crippen molar-refractivity contribution in [2.75, 3.05) is 30.3 Å². The van der Waals surface area contributed by atoms with Gasteiger partial charge in [-0.05, 0) is 31.2 Å². The summed E-state index contributed by atoms with van der Waals surface area (Å²) in [6.45, 7) is 3.80. The molecule has 1 aromatic carbocycles. The molecule has 0 spiro atoms. The average molecular weight is 296 g/mol. The Morgan fingerprint density at radius 3 is 1.95 bits per heavy atom. The maximum atomic E-state index is 8.82. The number of aliphatic hydroxyl groups excluding tert-OH is 1. The third-order valence-corrected chi connectivity index (χ3v) is 2.01. The van der Waals surface area contributed by atoms with Crippen LogP contribution in [0.3, 0.4) is 0 Å². The Balaban J connectivity index is 0. The highest BCUT2D eigenvalue weighted by atomic mass is 32.3. The van der Waals surface area contributed by atoms with Crippen molar-refractivity contribution in [3.8, 4) is 0 Å². The topological polar surface area (TPSA) is 156 Å². The van der Waals surface area contributed by atoms with E-state index in [4.69, 9.17) is 28.4 Å². The van der Waals surface area contributed by atoms with Crippen LogP contribution in [0.1, 0.15) is 6.92 Å². The lowest BCUT2D eigenvalue weighted by molar-refractivity contribution is 0.302. The predicted molar refractivity (Wildman–Crippen MR) is 73.6 cm³/mol. The average Bonchev–Trinajstić information content (AvgIpc) is 2.25. The van der Waals surface area contributed by atoms with Crippen molar-refractivity contribution in [3.63, 3.8) is 0 Å². The maximum absolute atomic E-state index is 8.82. The summed E-state index contributed by atoms with van der Waals surface area (Å²) in [5, 5.41) is 8.82. The van der Waals surface area contributed by atoms with Crippen molar-refractivity contribution in [2.24, 2.45) is 0 Å². The number of rotatable bonds is 4. The summed E-state index contributed by atoms with van der Waals surface area (Å²) in [5.74, 6) is 0. The van der Waals surface area contributed by atoms with E-state index in [1.54, 1.807) is 0 Å². The van der Waals surface area contributed by atoms with Gasteiger partial charge in [0.1, 0.15) is 0 Å². The zero-order valence-corrected chi connectivity index (χ0v) is 11.3. The van der Waals surface area contributed by atoms with E-state index in [0.29, 0.717) is 6.54 Å². The predicted octanol–water partition coefficient (Wildman–Crippen LogP) is -0.390. The molecule has 1 aromatic rings. The molecule has 0 amide bonds. The second-order valence-corrected chi connectivity index (χ2v) is 4.24. The van der Waals surface area contributed by atoms with E-state index in [0.717, 1.165) is 17.9 Å². The van der Waals surface area contributed by atoms with E-state index in [1.807, 2.05) is 24.3 Å². The summed E-state index contributed by atoms with van der Waals surface area (Å²) >= 11 is 0. The molecule has 0 heterocycles. The Labute approximate surface area is 112 Å². The molecule has 7 N–H and O–H groups in total. The number of hydrogen-bond donors (Lipinski definition) is 4. The third kappa shape index (κ3) is 11.4. The first-order valence-corrected chi connectivity index (χ1v) is 6.58. The fourth-order valence-corrected chi connectivity index (χ4v) is 1.28. The van der Waals surface area contributed by atoms with Gasteiger partial charge in [0.2, 0.25) is 0 Å². The second-order valence-electron chi connectivity index (χ2n) is 3.34. The number of benzene rings is 1. The van der Waals surface area contributed by atoms with Gasteiger partial charge in [0, 0.05) is 24.5 Å². The van der Waals surface area contributed by atoms with E-state index >= 15 is 0 Å². The van der Waals surface area contributed by atoms with Crippen molar-refractivity contribution >= 4 is 21.8 Å². The van der Waals surface area contributed by atoms with Gasteiger partial charge in [0.05, 0.1) is 6.61 Å². The molecular weight excluding hydrogens is 276 g/mol. The highest BCUT2D eigenvalue weighted by Crippen LogP contribution is 2.15. The van der Waals surface area contributed by atoms with Crippen molar-refractivity contribution < 1.29 is 28.1 Å². The van der Waals surface area contributed by atoms with Crippen molar-refractivity contribution in [1.82, 2.24) is 0 Å². The van der Waals surface area contributed by atoms with Gasteiger partial charge in [-0.25, -0.2) is 0 Å². The van der Waals surface area contributed by atoms with Crippen LogP contribution >= 0.6 is 0 Å². The Bertz CT molecular complexity index is 426. The molecule has 0 saturated carbocycles. The largest absolute Gasteiger partial charge is 0.412 e. The number of nitrogen functional groups attached to an aromatic ring is 1. The van der Waals surface area contributed by atoms with Crippen LogP contribution in [0, 0.1) is 0 Å². The molecule has 0 radical (unpaired) electrons. The number of nitrogens with two attached hydrogens (primary N) is 1. The van der Waals surface area contributed by atoms with Crippen LogP contribution in [-0.4, -0.2) is 47.8 Å². The molecule has 112 valence electrons. The summed E-state index contributed by atoms with van der Waals surface area (Å²) in [5.41, 5.74) is 7.44. The molecule has 19 heavy (non-hydrogen) atoms. The molecule has 0 aliphatic heterocycles. The molecule has 0 saturated heterocycles. The summed E-state index contributed by atoms with van der Waals surface area (Å²) < 4.78 is 31.6. The van der Waals surface area contributed by atoms with Gasteiger partial charge in [-0.3, -0.25) is 9.11 Å². The van der Waals surface area contributed by atoms with Gasteiger partial charge in [0.25, 0.3) is 0 Å². The molecule has 0 aliphatic carbocycles. The Hall–Kier alpha value is -1.39. The van der Waals surface area contributed by atoms with E-state index in [2.05, 4.69) is 11.8 Å². The van der Waals surface area contributed by atoms with Crippen LogP contribution in [0.2, 0.25) is 0 Å². The van der Waals surface area contributed by atoms with Crippen molar-refractivity contribution in [3.05, 3.63) is 24.3 Å². The monoisotopic (exact) mass is 296 g/mol. The second kappa shape index (κ2) is 9.53. The highest BCUT2D eigenvalue weighted by Gasteiger charge is 2.01. The number of hydrogen-bond acceptors (Lipinski definition) is 5. The lowest BCUT2D eigenvalue weighted by atomic mass is 10.2. The Kier molecular flexibility index (Phi) is 10.00. The number of likely N-dealkylation sites (N-methyl/N-ethyl adjacent to an activating group) is 1. The van der Waals surface area contributed by atoms with Crippen molar-refractivity contribution in [1.29, 1.82) is 0 Å². The summed E-state index contributed by atoms with van der Waals surface area (Å²) in [6, 6.07) is 7.67. The highest BCUT2D eigenvalue weighted by molar-refractivity contribution is 7.79. The zero-order valence-electron chi connectivity index (χ0n) is 10.5. The van der Waals surface area contributed by atoms with E-state index in [9.17, 15) is 0 Å². The van der Waals surface area contributed by atoms with Gasteiger partial charge >= 0.3 is 10.4 Å². The van der Waals surface area contributed by atoms with Gasteiger partial charge in [-0.1, -0.05) is 0 Å². The minimum Gasteiger partial charge on any atom is -0.412 e. The summed E-state index contributed by atoms with van der Waals surface area (Å²) in [6.07, 6.45) is 0. The van der Waals surface area contributed by atoms with Crippen LogP contribution in [0.4, 0.5) is 11.4 Å². The molecule has 0 fully saturated rings. The van der Waals surface area contributed by atoms with E-state index in [-0.39, 0.29) is 12.1 Å². The molecule has 8 nitrogen and oxygen atoms in total. The van der Waals surface area contributed by atoms with Crippen LogP contribution in [-0.2, 0) is 10.4 Å². The van der Waals surface area contributed by atoms with Crippen molar-refractivity contribution in [2.45, 2.75) is 6.92 Å². The van der Waals surface area contributed by atoms with Crippen LogP contribution in [0.5, 0.6) is 0 Å². The molecule has 0 aliphatic rings. The van der Waals surface area contributed by atoms with Crippen LogP contribution in [0.15, 0.2) is 24.3 Å². The molecule has 0 aromatic heterocycles. The van der Waals surface area contributed by atoms with Gasteiger partial charge in [-0.2, -0.15) is 8.42 Å². The molecular formula is C10H20N2O6S. The Morgan fingerprint density at radius 1 is 1.21 bits per heavy atom. The van der Waals surface area contributed by atoms with Gasteiger partial charge in [0.15, 0.2) is 0 Å². The van der Waals surface area contributed by atoms with Gasteiger partial charge in [-0.15, -0.1) is 0 Å². The van der Waals surface area contributed by atoms with Crippen LogP contribution < -0.4 is 10.6 Å². The summed E-state index contributed by atoms with van der Waals surface area (Å²) in [7, 11) is -4.67. The molecule has 0 unspecified atom stereocenters. The standard InChI is InChI=1S/C10H16N2O.H2O4S.H2O/c1-2-12(7-8-13)10-5-3-9(11)4-6-10;1-5(2,3)4;/h3-6,13H,2,7-8,11H2,1H3;(H2,1,2,3,4);1H2. The maximum Gasteiger partial charge on any atom is 0.394 e.